The zero-order chi connectivity index (χ0) is 17.5. The van der Waals surface area contributed by atoms with E-state index in [1.807, 2.05) is 0 Å². The van der Waals surface area contributed by atoms with Crippen molar-refractivity contribution < 1.29 is 19.2 Å². The Hall–Kier alpha value is -3.22. The maximum atomic E-state index is 12.0. The molecule has 0 unspecified atom stereocenters. The van der Waals surface area contributed by atoms with E-state index in [-0.39, 0.29) is 30.2 Å². The maximum absolute atomic E-state index is 12.0. The van der Waals surface area contributed by atoms with Crippen LogP contribution in [0, 0.1) is 10.1 Å². The van der Waals surface area contributed by atoms with Crippen molar-refractivity contribution in [1.82, 2.24) is 0 Å². The average Bonchev–Trinajstić information content (AvgIpc) is 2.60. The zero-order valence-electron chi connectivity index (χ0n) is 13.0. The number of nitro benzene ring substituents is 1. The van der Waals surface area contributed by atoms with Crippen molar-refractivity contribution in [2.45, 2.75) is 12.8 Å². The van der Waals surface area contributed by atoms with Crippen LogP contribution in [-0.2, 0) is 4.79 Å². The van der Waals surface area contributed by atoms with Crippen molar-refractivity contribution in [3.8, 4) is 5.75 Å². The minimum atomic E-state index is -0.515. The zero-order valence-corrected chi connectivity index (χ0v) is 13.0. The Kier molecular flexibility index (Phi) is 5.62. The Morgan fingerprint density at radius 2 is 1.67 bits per heavy atom. The molecule has 0 atom stereocenters. The molecule has 2 aromatic rings. The number of benzene rings is 2. The predicted octanol–water partition coefficient (Wildman–Crippen LogP) is 3.21. The third-order valence-corrected chi connectivity index (χ3v) is 3.35. The number of hydrogen-bond donors (Lipinski definition) is 1. The molecule has 0 fully saturated rings. The Bertz CT molecular complexity index is 739. The largest absolute Gasteiger partial charge is 0.497 e. The van der Waals surface area contributed by atoms with Crippen molar-refractivity contribution in [2.75, 3.05) is 12.4 Å². The lowest BCUT2D eigenvalue weighted by Gasteiger charge is -2.05. The van der Waals surface area contributed by atoms with Crippen LogP contribution in [0.2, 0.25) is 0 Å². The van der Waals surface area contributed by atoms with Crippen LogP contribution in [0.25, 0.3) is 0 Å². The maximum Gasteiger partial charge on any atom is 0.269 e. The van der Waals surface area contributed by atoms with Gasteiger partial charge in [-0.15, -0.1) is 0 Å². The van der Waals surface area contributed by atoms with Crippen LogP contribution in [0.15, 0.2) is 48.5 Å². The van der Waals surface area contributed by atoms with Gasteiger partial charge in [-0.25, -0.2) is 0 Å². The number of rotatable bonds is 7. The van der Waals surface area contributed by atoms with Crippen molar-refractivity contribution >= 4 is 23.1 Å². The number of anilines is 1. The molecule has 0 aliphatic heterocycles. The van der Waals surface area contributed by atoms with Gasteiger partial charge in [-0.1, -0.05) is 0 Å². The molecule has 0 spiro atoms. The van der Waals surface area contributed by atoms with Crippen LogP contribution >= 0.6 is 0 Å². The molecule has 0 saturated carbocycles. The molecular weight excluding hydrogens is 312 g/mol. The van der Waals surface area contributed by atoms with E-state index in [0.29, 0.717) is 17.0 Å². The molecule has 1 N–H and O–H groups in total. The first-order valence-corrected chi connectivity index (χ1v) is 7.21. The number of amides is 1. The molecule has 0 aliphatic rings. The van der Waals surface area contributed by atoms with Crippen molar-refractivity contribution in [1.29, 1.82) is 0 Å². The van der Waals surface area contributed by atoms with Gasteiger partial charge in [0.15, 0.2) is 5.78 Å². The molecule has 0 heterocycles. The van der Waals surface area contributed by atoms with Gasteiger partial charge in [0.05, 0.1) is 12.0 Å². The highest BCUT2D eigenvalue weighted by atomic mass is 16.6. The molecule has 1 amide bonds. The van der Waals surface area contributed by atoms with E-state index in [1.165, 1.54) is 24.3 Å². The summed E-state index contributed by atoms with van der Waals surface area (Å²) >= 11 is 0. The molecule has 0 bridgehead atoms. The van der Waals surface area contributed by atoms with Crippen LogP contribution in [0.1, 0.15) is 23.2 Å². The molecular formula is C17H16N2O5. The van der Waals surface area contributed by atoms with Gasteiger partial charge in [-0.3, -0.25) is 19.7 Å². The molecule has 124 valence electrons. The number of hydrogen-bond acceptors (Lipinski definition) is 5. The number of ether oxygens (including phenoxy) is 1. The number of carbonyl (C=O) groups excluding carboxylic acids is 2. The first-order valence-electron chi connectivity index (χ1n) is 7.21. The minimum absolute atomic E-state index is 0.0296. The number of nitrogens with zero attached hydrogens (tertiary/aromatic N) is 1. The molecule has 0 radical (unpaired) electrons. The highest BCUT2D eigenvalue weighted by Gasteiger charge is 2.11. The lowest BCUT2D eigenvalue weighted by atomic mass is 10.1. The highest BCUT2D eigenvalue weighted by molar-refractivity contribution is 6.00. The second kappa shape index (κ2) is 7.87. The molecule has 24 heavy (non-hydrogen) atoms. The summed E-state index contributed by atoms with van der Waals surface area (Å²) in [6, 6.07) is 12.2. The van der Waals surface area contributed by atoms with Gasteiger partial charge in [0.1, 0.15) is 5.75 Å². The normalized spacial score (nSPS) is 10.0. The van der Waals surface area contributed by atoms with Gasteiger partial charge in [-0.05, 0) is 36.4 Å². The van der Waals surface area contributed by atoms with E-state index in [4.69, 9.17) is 4.74 Å². The summed E-state index contributed by atoms with van der Waals surface area (Å²) in [5.74, 6) is 0.185. The van der Waals surface area contributed by atoms with Gasteiger partial charge in [0, 0.05) is 36.2 Å². The Morgan fingerprint density at radius 1 is 1.04 bits per heavy atom. The third kappa shape index (κ3) is 4.64. The molecule has 0 aromatic heterocycles. The van der Waals surface area contributed by atoms with Crippen molar-refractivity contribution in [3.05, 3.63) is 64.2 Å². The fourth-order valence-electron chi connectivity index (χ4n) is 2.04. The number of carbonyl (C=O) groups is 2. The molecule has 0 aliphatic carbocycles. The van der Waals surface area contributed by atoms with Crippen LogP contribution in [0.5, 0.6) is 5.75 Å². The molecule has 2 aromatic carbocycles. The topological polar surface area (TPSA) is 98.5 Å². The number of nitro groups is 1. The summed E-state index contributed by atoms with van der Waals surface area (Å²) in [5, 5.41) is 13.2. The van der Waals surface area contributed by atoms with E-state index >= 15 is 0 Å². The highest BCUT2D eigenvalue weighted by Crippen LogP contribution is 2.16. The van der Waals surface area contributed by atoms with Gasteiger partial charge >= 0.3 is 0 Å². The summed E-state index contributed by atoms with van der Waals surface area (Å²) in [6.45, 7) is 0. The van der Waals surface area contributed by atoms with E-state index in [1.54, 1.807) is 31.4 Å². The number of methoxy groups -OCH3 is 1. The minimum Gasteiger partial charge on any atom is -0.497 e. The molecule has 7 heteroatoms. The summed E-state index contributed by atoms with van der Waals surface area (Å²) in [4.78, 5) is 33.9. The number of Topliss-reactive ketones (excluding diaryl/α,β-unsaturated/α-hetero) is 1. The van der Waals surface area contributed by atoms with Crippen LogP contribution in [0.3, 0.4) is 0 Å². The van der Waals surface area contributed by atoms with Gasteiger partial charge < -0.3 is 10.1 Å². The van der Waals surface area contributed by atoms with E-state index in [0.717, 1.165) is 0 Å². The van der Waals surface area contributed by atoms with E-state index in [2.05, 4.69) is 5.32 Å². The molecule has 0 saturated heterocycles. The summed E-state index contributed by atoms with van der Waals surface area (Å²) < 4.78 is 5.02. The van der Waals surface area contributed by atoms with Gasteiger partial charge in [0.25, 0.3) is 5.69 Å². The standard InChI is InChI=1S/C17H16N2O5/c1-24-15-8-2-12(3-9-15)16(20)10-11-17(21)18-13-4-6-14(7-5-13)19(22)23/h2-9H,10-11H2,1H3,(H,18,21). The number of ketones is 1. The third-order valence-electron chi connectivity index (χ3n) is 3.35. The van der Waals surface area contributed by atoms with Crippen LogP contribution in [-0.4, -0.2) is 23.7 Å². The first kappa shape index (κ1) is 17.1. The van der Waals surface area contributed by atoms with Crippen molar-refractivity contribution in [2.24, 2.45) is 0 Å². The summed E-state index contributed by atoms with van der Waals surface area (Å²) in [7, 11) is 1.54. The monoisotopic (exact) mass is 328 g/mol. The Morgan fingerprint density at radius 3 is 2.21 bits per heavy atom. The Labute approximate surface area is 138 Å². The quantitative estimate of drug-likeness (QED) is 0.478. The summed E-state index contributed by atoms with van der Waals surface area (Å²) in [5.41, 5.74) is 0.907. The summed E-state index contributed by atoms with van der Waals surface area (Å²) in [6.07, 6.45) is 0.104. The lowest BCUT2D eigenvalue weighted by molar-refractivity contribution is -0.384. The SMILES string of the molecule is COc1ccc(C(=O)CCC(=O)Nc2ccc([N+](=O)[O-])cc2)cc1. The number of nitrogens with one attached hydrogen (secondary N) is 1. The van der Waals surface area contributed by atoms with Crippen LogP contribution in [0.4, 0.5) is 11.4 Å². The molecule has 2 rings (SSSR count). The predicted molar refractivity (Wildman–Crippen MR) is 88.3 cm³/mol. The van der Waals surface area contributed by atoms with E-state index < -0.39 is 4.92 Å². The van der Waals surface area contributed by atoms with Gasteiger partial charge in [0.2, 0.25) is 5.91 Å². The average molecular weight is 328 g/mol. The smallest absolute Gasteiger partial charge is 0.269 e. The second-order valence-electron chi connectivity index (χ2n) is 5.00. The first-order chi connectivity index (χ1) is 11.5. The lowest BCUT2D eigenvalue weighted by Crippen LogP contribution is -2.13. The van der Waals surface area contributed by atoms with E-state index in [9.17, 15) is 19.7 Å². The fourth-order valence-corrected chi connectivity index (χ4v) is 2.04. The molecule has 7 nitrogen and oxygen atoms in total. The second-order valence-corrected chi connectivity index (χ2v) is 5.00. The van der Waals surface area contributed by atoms with Gasteiger partial charge in [-0.2, -0.15) is 0 Å². The van der Waals surface area contributed by atoms with Crippen LogP contribution < -0.4 is 10.1 Å². The number of non-ortho nitro benzene ring substituents is 1. The fraction of sp³-hybridized carbons (Fsp3) is 0.176. The Balaban J connectivity index is 1.85. The van der Waals surface area contributed by atoms with Crippen molar-refractivity contribution in [3.63, 3.8) is 0 Å².